The van der Waals surface area contributed by atoms with Crippen molar-refractivity contribution >= 4 is 28.9 Å². The minimum atomic E-state index is -0.0649. The number of hydrogen-bond donors (Lipinski definition) is 1. The van der Waals surface area contributed by atoms with Crippen LogP contribution < -0.4 is 5.32 Å². The van der Waals surface area contributed by atoms with Gasteiger partial charge >= 0.3 is 0 Å². The fourth-order valence-corrected chi connectivity index (χ4v) is 2.39. The number of aromatic nitrogens is 1. The molecule has 23 heavy (non-hydrogen) atoms. The second-order valence-corrected chi connectivity index (χ2v) is 5.95. The molecular formula is C18H22ClN3O. The van der Waals surface area contributed by atoms with Crippen molar-refractivity contribution in [2.75, 3.05) is 18.9 Å². The first-order valence-electron chi connectivity index (χ1n) is 7.76. The number of unbranched alkanes of at least 4 members (excludes halogenated alkanes) is 1. The molecule has 0 saturated carbocycles. The van der Waals surface area contributed by atoms with Crippen LogP contribution in [0.3, 0.4) is 0 Å². The van der Waals surface area contributed by atoms with E-state index in [0.29, 0.717) is 10.7 Å². The fourth-order valence-electron chi connectivity index (χ4n) is 2.22. The molecule has 0 fully saturated rings. The summed E-state index contributed by atoms with van der Waals surface area (Å²) in [4.78, 5) is 18.3. The lowest BCUT2D eigenvalue weighted by Gasteiger charge is -2.17. The zero-order chi connectivity index (χ0) is 16.8. The number of amides is 1. The van der Waals surface area contributed by atoms with Gasteiger partial charge in [0, 0.05) is 36.2 Å². The Bertz CT molecular complexity index is 688. The van der Waals surface area contributed by atoms with Crippen LogP contribution in [0.4, 0.5) is 11.4 Å². The van der Waals surface area contributed by atoms with Gasteiger partial charge in [-0.1, -0.05) is 31.0 Å². The molecule has 1 heterocycles. The van der Waals surface area contributed by atoms with E-state index in [9.17, 15) is 4.79 Å². The molecular weight excluding hydrogens is 310 g/mol. The predicted octanol–water partition coefficient (Wildman–Crippen LogP) is 4.66. The van der Waals surface area contributed by atoms with Crippen molar-refractivity contribution in [3.8, 4) is 0 Å². The summed E-state index contributed by atoms with van der Waals surface area (Å²) in [7, 11) is 1.81. The summed E-state index contributed by atoms with van der Waals surface area (Å²) in [6.07, 6.45) is 3.69. The van der Waals surface area contributed by atoms with Crippen LogP contribution in [0, 0.1) is 6.92 Å². The van der Waals surface area contributed by atoms with Crippen molar-refractivity contribution in [2.24, 2.45) is 0 Å². The van der Waals surface area contributed by atoms with E-state index in [-0.39, 0.29) is 5.91 Å². The van der Waals surface area contributed by atoms with E-state index in [0.717, 1.165) is 36.3 Å². The standard InChI is InChI=1S/C18H22ClN3O/c1-4-5-11-22(3)18(23)17-12-14(9-10-20-17)21-16-8-6-7-15(19)13(16)2/h6-10,12H,4-5,11H2,1-3H3,(H,20,21). The maximum Gasteiger partial charge on any atom is 0.272 e. The van der Waals surface area contributed by atoms with Gasteiger partial charge < -0.3 is 10.2 Å². The summed E-state index contributed by atoms with van der Waals surface area (Å²) in [5.74, 6) is -0.0649. The highest BCUT2D eigenvalue weighted by molar-refractivity contribution is 6.31. The van der Waals surface area contributed by atoms with Crippen LogP contribution in [-0.2, 0) is 0 Å². The lowest BCUT2D eigenvalue weighted by Crippen LogP contribution is -2.28. The Labute approximate surface area is 142 Å². The molecule has 1 N–H and O–H groups in total. The molecule has 1 amide bonds. The van der Waals surface area contributed by atoms with E-state index < -0.39 is 0 Å². The van der Waals surface area contributed by atoms with Crippen molar-refractivity contribution in [3.63, 3.8) is 0 Å². The molecule has 0 atom stereocenters. The summed E-state index contributed by atoms with van der Waals surface area (Å²) >= 11 is 6.14. The second kappa shape index (κ2) is 7.97. The predicted molar refractivity (Wildman–Crippen MR) is 95.6 cm³/mol. The average molecular weight is 332 g/mol. The molecule has 0 aliphatic rings. The van der Waals surface area contributed by atoms with Crippen LogP contribution in [-0.4, -0.2) is 29.4 Å². The molecule has 5 heteroatoms. The molecule has 1 aromatic carbocycles. The number of benzene rings is 1. The number of carbonyl (C=O) groups is 1. The molecule has 0 bridgehead atoms. The quantitative estimate of drug-likeness (QED) is 0.837. The number of nitrogens with one attached hydrogen (secondary N) is 1. The van der Waals surface area contributed by atoms with Crippen LogP contribution in [0.5, 0.6) is 0 Å². The van der Waals surface area contributed by atoms with Crippen LogP contribution in [0.25, 0.3) is 0 Å². The van der Waals surface area contributed by atoms with Gasteiger partial charge in [-0.2, -0.15) is 0 Å². The van der Waals surface area contributed by atoms with Crippen molar-refractivity contribution in [3.05, 3.63) is 52.8 Å². The van der Waals surface area contributed by atoms with Gasteiger partial charge in [0.2, 0.25) is 0 Å². The van der Waals surface area contributed by atoms with Gasteiger partial charge in [0.05, 0.1) is 0 Å². The number of carbonyl (C=O) groups excluding carboxylic acids is 1. The van der Waals surface area contributed by atoms with Gasteiger partial charge in [-0.25, -0.2) is 0 Å². The summed E-state index contributed by atoms with van der Waals surface area (Å²) in [6.45, 7) is 4.80. The summed E-state index contributed by atoms with van der Waals surface area (Å²) in [5, 5.41) is 4.00. The Morgan fingerprint density at radius 1 is 1.35 bits per heavy atom. The van der Waals surface area contributed by atoms with Gasteiger partial charge in [0.1, 0.15) is 5.69 Å². The maximum atomic E-state index is 12.4. The third-order valence-electron chi connectivity index (χ3n) is 3.72. The Morgan fingerprint density at radius 2 is 2.13 bits per heavy atom. The molecule has 0 aliphatic heterocycles. The third kappa shape index (κ3) is 4.45. The summed E-state index contributed by atoms with van der Waals surface area (Å²) in [6, 6.07) is 9.31. The van der Waals surface area contributed by atoms with Gasteiger partial charge in [-0.05, 0) is 43.2 Å². The Kier molecular flexibility index (Phi) is 5.99. The van der Waals surface area contributed by atoms with E-state index in [2.05, 4.69) is 17.2 Å². The smallest absolute Gasteiger partial charge is 0.272 e. The molecule has 0 spiro atoms. The molecule has 0 radical (unpaired) electrons. The molecule has 0 unspecified atom stereocenters. The van der Waals surface area contributed by atoms with Crippen molar-refractivity contribution < 1.29 is 4.79 Å². The SMILES string of the molecule is CCCCN(C)C(=O)c1cc(Nc2cccc(Cl)c2C)ccn1. The van der Waals surface area contributed by atoms with Gasteiger partial charge in [-0.15, -0.1) is 0 Å². The molecule has 0 saturated heterocycles. The first-order chi connectivity index (χ1) is 11.0. The third-order valence-corrected chi connectivity index (χ3v) is 4.13. The largest absolute Gasteiger partial charge is 0.355 e. The number of pyridine rings is 1. The van der Waals surface area contributed by atoms with E-state index >= 15 is 0 Å². The average Bonchev–Trinajstić information content (AvgIpc) is 2.56. The van der Waals surface area contributed by atoms with Gasteiger partial charge in [0.25, 0.3) is 5.91 Å². The van der Waals surface area contributed by atoms with Crippen LogP contribution >= 0.6 is 11.6 Å². The topological polar surface area (TPSA) is 45.2 Å². The van der Waals surface area contributed by atoms with Crippen LogP contribution in [0.15, 0.2) is 36.5 Å². The lowest BCUT2D eigenvalue weighted by molar-refractivity contribution is 0.0787. The highest BCUT2D eigenvalue weighted by atomic mass is 35.5. The van der Waals surface area contributed by atoms with Crippen molar-refractivity contribution in [1.82, 2.24) is 9.88 Å². The molecule has 4 nitrogen and oxygen atoms in total. The number of nitrogens with zero attached hydrogens (tertiary/aromatic N) is 2. The monoisotopic (exact) mass is 331 g/mol. The summed E-state index contributed by atoms with van der Waals surface area (Å²) in [5.41, 5.74) is 3.14. The Hall–Kier alpha value is -2.07. The number of rotatable bonds is 6. The first kappa shape index (κ1) is 17.3. The number of anilines is 2. The second-order valence-electron chi connectivity index (χ2n) is 5.55. The normalized spacial score (nSPS) is 10.4. The van der Waals surface area contributed by atoms with Gasteiger partial charge in [-0.3, -0.25) is 9.78 Å². The summed E-state index contributed by atoms with van der Waals surface area (Å²) < 4.78 is 0. The lowest BCUT2D eigenvalue weighted by atomic mass is 10.2. The van der Waals surface area contributed by atoms with Crippen molar-refractivity contribution in [1.29, 1.82) is 0 Å². The van der Waals surface area contributed by atoms with Crippen LogP contribution in [0.2, 0.25) is 5.02 Å². The fraction of sp³-hybridized carbons (Fsp3) is 0.333. The maximum absolute atomic E-state index is 12.4. The Morgan fingerprint density at radius 3 is 2.87 bits per heavy atom. The molecule has 122 valence electrons. The zero-order valence-corrected chi connectivity index (χ0v) is 14.5. The van der Waals surface area contributed by atoms with E-state index in [1.54, 1.807) is 24.2 Å². The zero-order valence-electron chi connectivity index (χ0n) is 13.8. The molecule has 2 rings (SSSR count). The molecule has 2 aromatic rings. The van der Waals surface area contributed by atoms with Crippen LogP contribution in [0.1, 0.15) is 35.8 Å². The Balaban J connectivity index is 2.16. The highest BCUT2D eigenvalue weighted by Crippen LogP contribution is 2.26. The first-order valence-corrected chi connectivity index (χ1v) is 8.14. The van der Waals surface area contributed by atoms with Crippen molar-refractivity contribution in [2.45, 2.75) is 26.7 Å². The van der Waals surface area contributed by atoms with E-state index in [1.165, 1.54) is 0 Å². The minimum absolute atomic E-state index is 0.0649. The van der Waals surface area contributed by atoms with E-state index in [4.69, 9.17) is 11.6 Å². The number of hydrogen-bond acceptors (Lipinski definition) is 3. The minimum Gasteiger partial charge on any atom is -0.355 e. The van der Waals surface area contributed by atoms with Gasteiger partial charge in [0.15, 0.2) is 0 Å². The molecule has 0 aliphatic carbocycles. The number of halogens is 1. The highest BCUT2D eigenvalue weighted by Gasteiger charge is 2.13. The molecule has 1 aromatic heterocycles. The van der Waals surface area contributed by atoms with E-state index in [1.807, 2.05) is 31.2 Å².